The van der Waals surface area contributed by atoms with Crippen LogP contribution in [0.15, 0.2) is 66.0 Å². The zero-order valence-electron chi connectivity index (χ0n) is 18.1. The van der Waals surface area contributed by atoms with E-state index in [1.165, 1.54) is 30.3 Å². The summed E-state index contributed by atoms with van der Waals surface area (Å²) in [7, 11) is 0. The number of nitrogens with zero attached hydrogens (tertiary/aromatic N) is 4. The minimum Gasteiger partial charge on any atom is -0.457 e. The minimum atomic E-state index is -0.393. The number of nitrogens with two attached hydrogens (primary N) is 1. The van der Waals surface area contributed by atoms with Gasteiger partial charge in [-0.2, -0.15) is 10.2 Å². The summed E-state index contributed by atoms with van der Waals surface area (Å²) in [5, 5.41) is 11.4. The van der Waals surface area contributed by atoms with Gasteiger partial charge in [0.15, 0.2) is 5.82 Å². The van der Waals surface area contributed by atoms with Crippen LogP contribution in [0.1, 0.15) is 18.0 Å². The summed E-state index contributed by atoms with van der Waals surface area (Å²) in [6.07, 6.45) is 1.95. The lowest BCUT2D eigenvalue weighted by molar-refractivity contribution is -0.125. The van der Waals surface area contributed by atoms with E-state index in [1.54, 1.807) is 33.8 Å². The predicted molar refractivity (Wildman–Crippen MR) is 125 cm³/mol. The monoisotopic (exact) mass is 460 g/mol. The Morgan fingerprint density at radius 3 is 2.53 bits per heavy atom. The number of ether oxygens (including phenoxy) is 1. The Hall–Kier alpha value is -4.47. The van der Waals surface area contributed by atoms with Crippen LogP contribution in [0.25, 0.3) is 16.6 Å². The summed E-state index contributed by atoms with van der Waals surface area (Å²) in [4.78, 5) is 26.5. The highest BCUT2D eigenvalue weighted by atomic mass is 19.1. The van der Waals surface area contributed by atoms with Crippen molar-refractivity contribution in [3.63, 3.8) is 0 Å². The molecule has 2 aromatic carbocycles. The summed E-state index contributed by atoms with van der Waals surface area (Å²) in [6, 6.07) is 12.7. The van der Waals surface area contributed by atoms with Crippen molar-refractivity contribution in [3.8, 4) is 17.2 Å². The number of H-pyrrole nitrogens is 1. The van der Waals surface area contributed by atoms with Crippen LogP contribution in [-0.4, -0.2) is 43.9 Å². The molecule has 5 rings (SSSR count). The van der Waals surface area contributed by atoms with Crippen molar-refractivity contribution in [1.29, 1.82) is 0 Å². The number of benzene rings is 2. The number of halogens is 1. The maximum absolute atomic E-state index is 13.1. The minimum absolute atomic E-state index is 0.128. The number of fused-ring (bicyclic) bond motifs is 1. The van der Waals surface area contributed by atoms with Gasteiger partial charge in [-0.1, -0.05) is 6.58 Å². The van der Waals surface area contributed by atoms with E-state index in [4.69, 9.17) is 15.6 Å². The molecule has 34 heavy (non-hydrogen) atoms. The average molecular weight is 460 g/mol. The molecule has 1 amide bonds. The highest BCUT2D eigenvalue weighted by Crippen LogP contribution is 2.33. The van der Waals surface area contributed by atoms with Gasteiger partial charge in [0.05, 0.1) is 16.8 Å². The van der Waals surface area contributed by atoms with Crippen LogP contribution in [0.2, 0.25) is 0 Å². The van der Waals surface area contributed by atoms with Crippen LogP contribution in [0.5, 0.6) is 11.5 Å². The van der Waals surface area contributed by atoms with Crippen LogP contribution >= 0.6 is 0 Å². The molecule has 0 saturated carbocycles. The summed E-state index contributed by atoms with van der Waals surface area (Å²) in [6.45, 7) is 4.53. The van der Waals surface area contributed by atoms with Crippen molar-refractivity contribution < 1.29 is 13.9 Å². The molecule has 2 aromatic heterocycles. The van der Waals surface area contributed by atoms with E-state index in [-0.39, 0.29) is 23.5 Å². The molecule has 9 nitrogen and oxygen atoms in total. The van der Waals surface area contributed by atoms with Gasteiger partial charge in [-0.15, -0.1) is 0 Å². The normalized spacial score (nSPS) is 15.6. The summed E-state index contributed by atoms with van der Waals surface area (Å²) >= 11 is 0. The third kappa shape index (κ3) is 3.79. The van der Waals surface area contributed by atoms with Gasteiger partial charge in [-0.3, -0.25) is 9.59 Å². The van der Waals surface area contributed by atoms with Gasteiger partial charge < -0.3 is 15.4 Å². The van der Waals surface area contributed by atoms with E-state index < -0.39 is 5.56 Å². The van der Waals surface area contributed by atoms with Crippen molar-refractivity contribution in [2.24, 2.45) is 0 Å². The van der Waals surface area contributed by atoms with Gasteiger partial charge in [-0.05, 0) is 61.0 Å². The van der Waals surface area contributed by atoms with E-state index in [1.807, 2.05) is 0 Å². The number of nitrogen functional groups attached to an aromatic ring is 1. The van der Waals surface area contributed by atoms with Crippen molar-refractivity contribution in [3.05, 3.63) is 83.1 Å². The second kappa shape index (κ2) is 8.47. The Morgan fingerprint density at radius 2 is 1.85 bits per heavy atom. The second-order valence-electron chi connectivity index (χ2n) is 7.98. The van der Waals surface area contributed by atoms with E-state index >= 15 is 0 Å². The van der Waals surface area contributed by atoms with Crippen molar-refractivity contribution in [2.75, 3.05) is 18.8 Å². The summed E-state index contributed by atoms with van der Waals surface area (Å²) in [5.74, 6) is 0.558. The number of amides is 1. The molecule has 10 heteroatoms. The number of carbonyl (C=O) groups excluding carboxylic acids is 1. The molecule has 3 heterocycles. The van der Waals surface area contributed by atoms with Gasteiger partial charge in [0.1, 0.15) is 22.8 Å². The van der Waals surface area contributed by atoms with Crippen LogP contribution in [0.3, 0.4) is 0 Å². The van der Waals surface area contributed by atoms with Crippen molar-refractivity contribution >= 4 is 22.6 Å². The molecule has 0 unspecified atom stereocenters. The zero-order chi connectivity index (χ0) is 23.8. The number of nitrogens with one attached hydrogen (secondary N) is 1. The average Bonchev–Trinajstić information content (AvgIpc) is 3.49. The summed E-state index contributed by atoms with van der Waals surface area (Å²) in [5.41, 5.74) is 7.37. The van der Waals surface area contributed by atoms with E-state index in [9.17, 15) is 14.0 Å². The maximum Gasteiger partial charge on any atom is 0.275 e. The van der Waals surface area contributed by atoms with Gasteiger partial charge in [0.2, 0.25) is 5.91 Å². The largest absolute Gasteiger partial charge is 0.457 e. The first kappa shape index (κ1) is 21.4. The molecule has 0 radical (unpaired) electrons. The SMILES string of the molecule is C=CC(=O)N1CC[C@@H](c2nn(-c3ccc(Oc4ccc(F)cc4)cc3)c3c(N)n[nH]c(=O)c23)C1. The smallest absolute Gasteiger partial charge is 0.275 e. The van der Waals surface area contributed by atoms with Crippen LogP contribution in [-0.2, 0) is 4.79 Å². The Labute approximate surface area is 193 Å². The van der Waals surface area contributed by atoms with Crippen LogP contribution in [0.4, 0.5) is 10.2 Å². The lowest BCUT2D eigenvalue weighted by atomic mass is 10.0. The molecule has 1 aliphatic heterocycles. The fourth-order valence-electron chi connectivity index (χ4n) is 4.19. The van der Waals surface area contributed by atoms with Gasteiger partial charge >= 0.3 is 0 Å². The maximum atomic E-state index is 13.1. The van der Waals surface area contributed by atoms with E-state index in [0.29, 0.717) is 53.3 Å². The summed E-state index contributed by atoms with van der Waals surface area (Å²) < 4.78 is 20.5. The number of likely N-dealkylation sites (tertiary alicyclic amines) is 1. The lowest BCUT2D eigenvalue weighted by Crippen LogP contribution is -2.26. The first-order valence-corrected chi connectivity index (χ1v) is 10.7. The molecule has 1 fully saturated rings. The highest BCUT2D eigenvalue weighted by Gasteiger charge is 2.31. The van der Waals surface area contributed by atoms with E-state index in [2.05, 4.69) is 16.8 Å². The first-order valence-electron chi connectivity index (χ1n) is 10.7. The first-order chi connectivity index (χ1) is 16.4. The number of hydrogen-bond acceptors (Lipinski definition) is 6. The molecular formula is C24H21FN6O3. The molecule has 1 saturated heterocycles. The van der Waals surface area contributed by atoms with Gasteiger partial charge in [0, 0.05) is 19.0 Å². The van der Waals surface area contributed by atoms with Gasteiger partial charge in [0.25, 0.3) is 5.56 Å². The second-order valence-corrected chi connectivity index (χ2v) is 7.98. The quantitative estimate of drug-likeness (QED) is 0.442. The number of hydrogen-bond donors (Lipinski definition) is 2. The Morgan fingerprint density at radius 1 is 1.18 bits per heavy atom. The zero-order valence-corrected chi connectivity index (χ0v) is 18.1. The molecule has 3 N–H and O–H groups in total. The highest BCUT2D eigenvalue weighted by molar-refractivity contribution is 5.91. The van der Waals surface area contributed by atoms with Gasteiger partial charge in [-0.25, -0.2) is 14.2 Å². The molecule has 1 aliphatic rings. The third-order valence-corrected chi connectivity index (χ3v) is 5.85. The topological polar surface area (TPSA) is 119 Å². The fourth-order valence-corrected chi connectivity index (χ4v) is 4.19. The molecule has 172 valence electrons. The molecule has 4 aromatic rings. The van der Waals surface area contributed by atoms with Crippen LogP contribution in [0, 0.1) is 5.82 Å². The van der Waals surface area contributed by atoms with Crippen LogP contribution < -0.4 is 16.0 Å². The van der Waals surface area contributed by atoms with Crippen molar-refractivity contribution in [1.82, 2.24) is 24.9 Å². The van der Waals surface area contributed by atoms with Crippen molar-refractivity contribution in [2.45, 2.75) is 12.3 Å². The lowest BCUT2D eigenvalue weighted by Gasteiger charge is -2.13. The standard InChI is InChI=1S/C24H21FN6O3/c1-2-19(32)30-12-11-14(13-30)21-20-22(23(26)27-28-24(20)33)31(29-21)16-5-9-18(10-6-16)34-17-7-3-15(25)4-8-17/h2-10,14H,1,11-13H2,(H2,26,27)(H,28,33)/t14-/m1/s1. The fraction of sp³-hybridized carbons (Fsp3) is 0.167. The van der Waals surface area contributed by atoms with E-state index in [0.717, 1.165) is 0 Å². The molecule has 0 spiro atoms. The Kier molecular flexibility index (Phi) is 5.33. The third-order valence-electron chi connectivity index (χ3n) is 5.85. The number of anilines is 1. The predicted octanol–water partition coefficient (Wildman–Crippen LogP) is 3.12. The molecular weight excluding hydrogens is 439 g/mol. The molecule has 0 bridgehead atoms. The number of aromatic nitrogens is 4. The number of rotatable bonds is 5. The Balaban J connectivity index is 1.52. The molecule has 0 aliphatic carbocycles. The number of carbonyl (C=O) groups is 1. The number of aromatic amines is 1. The molecule has 1 atom stereocenters. The Bertz CT molecular complexity index is 1440.